The summed E-state index contributed by atoms with van der Waals surface area (Å²) in [6, 6.07) is 7.36. The maximum absolute atomic E-state index is 11.0. The number of carbonyl (C=O) groups is 1. The molecule has 5 nitrogen and oxygen atoms in total. The molecule has 0 saturated heterocycles. The van der Waals surface area contributed by atoms with E-state index in [-0.39, 0.29) is 6.54 Å². The third-order valence-electron chi connectivity index (χ3n) is 1.71. The van der Waals surface area contributed by atoms with Crippen LogP contribution in [-0.2, 0) is 11.3 Å². The Balaban J connectivity index is 2.47. The number of carbonyl (C=O) groups excluding carboxylic acids is 1. The minimum Gasteiger partial charge on any atom is -0.346 e. The molecule has 0 aromatic heterocycles. The van der Waals surface area contributed by atoms with Gasteiger partial charge in [0.25, 0.3) is 12.5 Å². The normalized spacial score (nSPS) is 9.67. The highest BCUT2D eigenvalue weighted by Gasteiger charge is 2.08. The quantitative estimate of drug-likeness (QED) is 0.664. The Morgan fingerprint density at radius 2 is 2.13 bits per heavy atom. The molecule has 0 aliphatic heterocycles. The van der Waals surface area contributed by atoms with Gasteiger partial charge >= 0.3 is 0 Å². The predicted octanol–water partition coefficient (Wildman–Crippen LogP) is 1.34. The zero-order valence-electron chi connectivity index (χ0n) is 7.77. The summed E-state index contributed by atoms with van der Waals surface area (Å²) in [5.41, 5.74) is 0.884. The van der Waals surface area contributed by atoms with Gasteiger partial charge < -0.3 is 5.32 Å². The summed E-state index contributed by atoms with van der Waals surface area (Å²) < 4.78 is 0.867. The molecule has 1 rings (SSSR count). The fourth-order valence-electron chi connectivity index (χ4n) is 1.01. The van der Waals surface area contributed by atoms with Crippen LogP contribution >= 0.6 is 15.9 Å². The highest BCUT2D eigenvalue weighted by Crippen LogP contribution is 2.15. The first-order valence-electron chi connectivity index (χ1n) is 4.21. The summed E-state index contributed by atoms with van der Waals surface area (Å²) in [6.07, 6.45) is 0. The summed E-state index contributed by atoms with van der Waals surface area (Å²) in [5.74, 6) is -0.587. The Morgan fingerprint density at radius 1 is 1.47 bits per heavy atom. The SMILES string of the molecule is O=C(C[N+](=O)[O-])NCc1ccccc1Br. The molecule has 0 radical (unpaired) electrons. The summed E-state index contributed by atoms with van der Waals surface area (Å²) in [6.45, 7) is -0.404. The van der Waals surface area contributed by atoms with Gasteiger partial charge in [0.1, 0.15) is 0 Å². The average Bonchev–Trinajstić information content (AvgIpc) is 2.15. The van der Waals surface area contributed by atoms with Crippen molar-refractivity contribution in [3.8, 4) is 0 Å². The van der Waals surface area contributed by atoms with Crippen molar-refractivity contribution in [2.45, 2.75) is 6.54 Å². The summed E-state index contributed by atoms with van der Waals surface area (Å²) in [4.78, 5) is 20.3. The van der Waals surface area contributed by atoms with Gasteiger partial charge in [0.2, 0.25) is 0 Å². The fourth-order valence-corrected chi connectivity index (χ4v) is 1.43. The summed E-state index contributed by atoms with van der Waals surface area (Å²) in [7, 11) is 0. The maximum atomic E-state index is 11.0. The fraction of sp³-hybridized carbons (Fsp3) is 0.222. The van der Waals surface area contributed by atoms with Gasteiger partial charge in [-0.2, -0.15) is 0 Å². The number of nitrogens with zero attached hydrogens (tertiary/aromatic N) is 1. The molecule has 80 valence electrons. The van der Waals surface area contributed by atoms with E-state index in [0.29, 0.717) is 0 Å². The lowest BCUT2D eigenvalue weighted by molar-refractivity contribution is -0.467. The zero-order valence-corrected chi connectivity index (χ0v) is 9.36. The molecule has 0 spiro atoms. The summed E-state index contributed by atoms with van der Waals surface area (Å²) in [5, 5.41) is 12.5. The van der Waals surface area contributed by atoms with Crippen LogP contribution in [0.1, 0.15) is 5.56 Å². The average molecular weight is 273 g/mol. The molecule has 1 amide bonds. The molecule has 0 aliphatic carbocycles. The maximum Gasteiger partial charge on any atom is 0.292 e. The van der Waals surface area contributed by atoms with Crippen LogP contribution in [0.3, 0.4) is 0 Å². The topological polar surface area (TPSA) is 72.2 Å². The van der Waals surface area contributed by atoms with Gasteiger partial charge in [-0.1, -0.05) is 34.1 Å². The van der Waals surface area contributed by atoms with Gasteiger partial charge in [-0.3, -0.25) is 14.9 Å². The molecular weight excluding hydrogens is 264 g/mol. The second-order valence-corrected chi connectivity index (χ2v) is 3.71. The number of hydrogen-bond donors (Lipinski definition) is 1. The Hall–Kier alpha value is -1.43. The molecule has 15 heavy (non-hydrogen) atoms. The van der Waals surface area contributed by atoms with Gasteiger partial charge in [0, 0.05) is 15.9 Å². The van der Waals surface area contributed by atoms with Gasteiger partial charge in [0.05, 0.1) is 0 Å². The Bertz CT molecular complexity index is 381. The molecule has 0 fully saturated rings. The largest absolute Gasteiger partial charge is 0.346 e. The van der Waals surface area contributed by atoms with Crippen molar-refractivity contribution in [2.24, 2.45) is 0 Å². The van der Waals surface area contributed by atoms with Crippen LogP contribution in [0.5, 0.6) is 0 Å². The van der Waals surface area contributed by atoms with E-state index < -0.39 is 17.4 Å². The third kappa shape index (κ3) is 4.07. The molecule has 0 bridgehead atoms. The van der Waals surface area contributed by atoms with E-state index in [1.165, 1.54) is 0 Å². The molecule has 0 saturated carbocycles. The van der Waals surface area contributed by atoms with Gasteiger partial charge in [-0.15, -0.1) is 0 Å². The van der Waals surface area contributed by atoms with Crippen molar-refractivity contribution < 1.29 is 9.72 Å². The zero-order chi connectivity index (χ0) is 11.3. The predicted molar refractivity (Wildman–Crippen MR) is 57.9 cm³/mol. The first-order chi connectivity index (χ1) is 7.09. The summed E-state index contributed by atoms with van der Waals surface area (Å²) >= 11 is 3.31. The lowest BCUT2D eigenvalue weighted by atomic mass is 10.2. The highest BCUT2D eigenvalue weighted by atomic mass is 79.9. The van der Waals surface area contributed by atoms with Crippen LogP contribution < -0.4 is 5.32 Å². The molecule has 0 aliphatic rings. The van der Waals surface area contributed by atoms with E-state index in [1.807, 2.05) is 24.3 Å². The van der Waals surface area contributed by atoms with Crippen molar-refractivity contribution in [2.75, 3.05) is 6.54 Å². The van der Waals surface area contributed by atoms with Gasteiger partial charge in [-0.25, -0.2) is 0 Å². The lowest BCUT2D eigenvalue weighted by Gasteiger charge is -2.04. The van der Waals surface area contributed by atoms with Crippen LogP contribution in [0.25, 0.3) is 0 Å². The van der Waals surface area contributed by atoms with Crippen molar-refractivity contribution in [3.05, 3.63) is 44.4 Å². The molecule has 0 atom stereocenters. The van der Waals surface area contributed by atoms with Crippen LogP contribution in [0.4, 0.5) is 0 Å². The number of rotatable bonds is 4. The minimum atomic E-state index is -0.690. The van der Waals surface area contributed by atoms with E-state index in [1.54, 1.807) is 0 Å². The van der Waals surface area contributed by atoms with Crippen LogP contribution in [0.15, 0.2) is 28.7 Å². The first kappa shape index (κ1) is 11.6. The number of amides is 1. The number of benzene rings is 1. The van der Waals surface area contributed by atoms with Crippen molar-refractivity contribution in [1.82, 2.24) is 5.32 Å². The Morgan fingerprint density at radius 3 is 2.73 bits per heavy atom. The van der Waals surface area contributed by atoms with E-state index in [0.717, 1.165) is 10.0 Å². The first-order valence-corrected chi connectivity index (χ1v) is 5.01. The molecule has 0 unspecified atom stereocenters. The smallest absolute Gasteiger partial charge is 0.292 e. The molecule has 1 N–H and O–H groups in total. The van der Waals surface area contributed by atoms with E-state index in [2.05, 4.69) is 21.2 Å². The second kappa shape index (κ2) is 5.45. The Kier molecular flexibility index (Phi) is 4.23. The van der Waals surface area contributed by atoms with Crippen molar-refractivity contribution in [3.63, 3.8) is 0 Å². The van der Waals surface area contributed by atoms with Crippen LogP contribution in [0, 0.1) is 10.1 Å². The molecule has 1 aromatic carbocycles. The van der Waals surface area contributed by atoms with E-state index >= 15 is 0 Å². The number of nitrogens with one attached hydrogen (secondary N) is 1. The molecule has 0 heterocycles. The minimum absolute atomic E-state index is 0.286. The van der Waals surface area contributed by atoms with E-state index in [4.69, 9.17) is 0 Å². The van der Waals surface area contributed by atoms with E-state index in [9.17, 15) is 14.9 Å². The molecular formula is C9H9BrN2O3. The highest BCUT2D eigenvalue weighted by molar-refractivity contribution is 9.10. The Labute approximate surface area is 94.8 Å². The third-order valence-corrected chi connectivity index (χ3v) is 2.48. The monoisotopic (exact) mass is 272 g/mol. The van der Waals surface area contributed by atoms with Gasteiger partial charge in [0.15, 0.2) is 0 Å². The van der Waals surface area contributed by atoms with Gasteiger partial charge in [-0.05, 0) is 11.6 Å². The van der Waals surface area contributed by atoms with Crippen molar-refractivity contribution in [1.29, 1.82) is 0 Å². The number of hydrogen-bond acceptors (Lipinski definition) is 3. The van der Waals surface area contributed by atoms with Crippen LogP contribution in [-0.4, -0.2) is 17.4 Å². The molecule has 6 heteroatoms. The number of halogens is 1. The second-order valence-electron chi connectivity index (χ2n) is 2.86. The van der Waals surface area contributed by atoms with Crippen LogP contribution in [0.2, 0.25) is 0 Å². The standard InChI is InChI=1S/C9H9BrN2O3/c10-8-4-2-1-3-7(8)5-11-9(13)6-12(14)15/h1-4H,5-6H2,(H,11,13). The lowest BCUT2D eigenvalue weighted by Crippen LogP contribution is -2.29. The molecule has 1 aromatic rings. The van der Waals surface area contributed by atoms with Crippen molar-refractivity contribution >= 4 is 21.8 Å². The number of nitro groups is 1.